The van der Waals surface area contributed by atoms with E-state index in [1.165, 1.54) is 38.5 Å². The number of nitro benzene ring substituents is 1. The zero-order chi connectivity index (χ0) is 18.0. The summed E-state index contributed by atoms with van der Waals surface area (Å²) in [5, 5.41) is 11.2. The minimum absolute atomic E-state index is 0.0757. The van der Waals surface area contributed by atoms with Gasteiger partial charge >= 0.3 is 5.69 Å². The molecule has 0 saturated heterocycles. The molecule has 136 valence electrons. The van der Waals surface area contributed by atoms with Gasteiger partial charge in [0.1, 0.15) is 0 Å². The van der Waals surface area contributed by atoms with Crippen molar-refractivity contribution in [1.82, 2.24) is 4.90 Å². The number of benzene rings is 1. The monoisotopic (exact) mass is 346 g/mol. The van der Waals surface area contributed by atoms with Crippen molar-refractivity contribution in [3.63, 3.8) is 0 Å². The number of methoxy groups -OCH3 is 1. The van der Waals surface area contributed by atoms with Crippen LogP contribution in [0.2, 0.25) is 0 Å². The Kier molecular flexibility index (Phi) is 5.25. The number of carbonyl (C=O) groups is 1. The van der Waals surface area contributed by atoms with Crippen molar-refractivity contribution in [3.05, 3.63) is 33.9 Å². The molecule has 0 bridgehead atoms. The van der Waals surface area contributed by atoms with Crippen LogP contribution in [0.4, 0.5) is 5.69 Å². The smallest absolute Gasteiger partial charge is 0.311 e. The molecule has 6 nitrogen and oxygen atoms in total. The van der Waals surface area contributed by atoms with E-state index >= 15 is 0 Å². The van der Waals surface area contributed by atoms with Crippen LogP contribution in [0.3, 0.4) is 0 Å². The molecule has 0 unspecified atom stereocenters. The lowest BCUT2D eigenvalue weighted by Gasteiger charge is -2.37. The SMILES string of the molecule is CCC1CCC(N(C(=O)c2ccc(OC)c([N+](=O)[O-])c2)C2CC2)CC1. The topological polar surface area (TPSA) is 72.7 Å². The molecule has 1 aromatic carbocycles. The van der Waals surface area contributed by atoms with E-state index in [-0.39, 0.29) is 23.4 Å². The zero-order valence-electron chi connectivity index (χ0n) is 14.9. The van der Waals surface area contributed by atoms with Gasteiger partial charge in [-0.1, -0.05) is 13.3 Å². The largest absolute Gasteiger partial charge is 0.490 e. The Morgan fingerprint density at radius 3 is 2.28 bits per heavy atom. The van der Waals surface area contributed by atoms with E-state index in [2.05, 4.69) is 6.92 Å². The first-order valence-electron chi connectivity index (χ1n) is 9.20. The van der Waals surface area contributed by atoms with Crippen molar-refractivity contribution >= 4 is 11.6 Å². The second kappa shape index (κ2) is 7.42. The molecule has 2 fully saturated rings. The number of ether oxygens (including phenoxy) is 1. The van der Waals surface area contributed by atoms with Crippen LogP contribution in [0.5, 0.6) is 5.75 Å². The van der Waals surface area contributed by atoms with Gasteiger partial charge in [0, 0.05) is 23.7 Å². The summed E-state index contributed by atoms with van der Waals surface area (Å²) in [6.07, 6.45) is 7.70. The fraction of sp³-hybridized carbons (Fsp3) is 0.632. The highest BCUT2D eigenvalue weighted by Crippen LogP contribution is 2.38. The molecular weight excluding hydrogens is 320 g/mol. The van der Waals surface area contributed by atoms with Gasteiger partial charge < -0.3 is 9.64 Å². The summed E-state index contributed by atoms with van der Waals surface area (Å²) < 4.78 is 5.04. The average Bonchev–Trinajstić information content (AvgIpc) is 3.46. The van der Waals surface area contributed by atoms with Crippen LogP contribution < -0.4 is 4.74 Å². The summed E-state index contributed by atoms with van der Waals surface area (Å²) in [5.41, 5.74) is 0.232. The van der Waals surface area contributed by atoms with Crippen molar-refractivity contribution in [2.24, 2.45) is 5.92 Å². The van der Waals surface area contributed by atoms with Crippen LogP contribution in [-0.2, 0) is 0 Å². The van der Waals surface area contributed by atoms with Crippen LogP contribution in [-0.4, -0.2) is 34.9 Å². The van der Waals surface area contributed by atoms with Crippen molar-refractivity contribution in [1.29, 1.82) is 0 Å². The molecule has 0 spiro atoms. The Hall–Kier alpha value is -2.11. The highest BCUT2D eigenvalue weighted by Gasteiger charge is 2.39. The maximum Gasteiger partial charge on any atom is 0.311 e. The van der Waals surface area contributed by atoms with Crippen molar-refractivity contribution in [3.8, 4) is 5.75 Å². The molecule has 0 atom stereocenters. The van der Waals surface area contributed by atoms with E-state index in [4.69, 9.17) is 4.74 Å². The number of nitrogens with zero attached hydrogens (tertiary/aromatic N) is 2. The van der Waals surface area contributed by atoms with Crippen LogP contribution in [0, 0.1) is 16.0 Å². The minimum Gasteiger partial charge on any atom is -0.490 e. The zero-order valence-corrected chi connectivity index (χ0v) is 14.9. The lowest BCUT2D eigenvalue weighted by Crippen LogP contribution is -2.43. The normalized spacial score (nSPS) is 23.1. The summed E-state index contributed by atoms with van der Waals surface area (Å²) in [5.74, 6) is 0.880. The van der Waals surface area contributed by atoms with Gasteiger partial charge in [-0.2, -0.15) is 0 Å². The Morgan fingerprint density at radius 1 is 1.20 bits per heavy atom. The molecule has 1 amide bonds. The summed E-state index contributed by atoms with van der Waals surface area (Å²) in [4.78, 5) is 25.9. The van der Waals surface area contributed by atoms with Crippen LogP contribution >= 0.6 is 0 Å². The van der Waals surface area contributed by atoms with Gasteiger partial charge in [-0.3, -0.25) is 14.9 Å². The Balaban J connectivity index is 1.82. The number of carbonyl (C=O) groups excluding carboxylic acids is 1. The molecule has 0 radical (unpaired) electrons. The van der Waals surface area contributed by atoms with Gasteiger partial charge in [-0.15, -0.1) is 0 Å². The fourth-order valence-electron chi connectivity index (χ4n) is 3.93. The summed E-state index contributed by atoms with van der Waals surface area (Å²) in [7, 11) is 1.40. The highest BCUT2D eigenvalue weighted by atomic mass is 16.6. The van der Waals surface area contributed by atoms with Gasteiger partial charge in [0.15, 0.2) is 5.75 Å². The van der Waals surface area contributed by atoms with E-state index in [1.54, 1.807) is 6.07 Å². The van der Waals surface area contributed by atoms with E-state index in [0.29, 0.717) is 11.6 Å². The summed E-state index contributed by atoms with van der Waals surface area (Å²) in [6.45, 7) is 2.23. The van der Waals surface area contributed by atoms with Gasteiger partial charge in [-0.05, 0) is 56.6 Å². The molecule has 2 aliphatic carbocycles. The maximum atomic E-state index is 13.1. The van der Waals surface area contributed by atoms with Gasteiger partial charge in [-0.25, -0.2) is 0 Å². The molecule has 3 rings (SSSR count). The minimum atomic E-state index is -0.496. The van der Waals surface area contributed by atoms with Crippen molar-refractivity contribution in [2.45, 2.75) is 64.0 Å². The van der Waals surface area contributed by atoms with Gasteiger partial charge in [0.2, 0.25) is 0 Å². The number of hydrogen-bond acceptors (Lipinski definition) is 4. The van der Waals surface area contributed by atoms with Crippen molar-refractivity contribution in [2.75, 3.05) is 7.11 Å². The standard InChI is InChI=1S/C19H26N2O4/c1-3-13-4-7-15(8-5-13)20(16-9-10-16)19(22)14-6-11-18(25-2)17(12-14)21(23)24/h6,11-13,15-16H,3-5,7-10H2,1-2H3. The Morgan fingerprint density at radius 2 is 1.80 bits per heavy atom. The fourth-order valence-corrected chi connectivity index (χ4v) is 3.93. The van der Waals surface area contributed by atoms with E-state index in [9.17, 15) is 14.9 Å². The summed E-state index contributed by atoms with van der Waals surface area (Å²) in [6, 6.07) is 5.08. The number of hydrogen-bond donors (Lipinski definition) is 0. The molecule has 6 heteroatoms. The molecular formula is C19H26N2O4. The second-order valence-corrected chi connectivity index (χ2v) is 7.17. The quantitative estimate of drug-likeness (QED) is 0.572. The molecule has 25 heavy (non-hydrogen) atoms. The van der Waals surface area contributed by atoms with Crippen LogP contribution in [0.25, 0.3) is 0 Å². The molecule has 2 aliphatic rings. The molecule has 0 aromatic heterocycles. The Bertz CT molecular complexity index is 649. The number of rotatable bonds is 6. The maximum absolute atomic E-state index is 13.1. The molecule has 0 aliphatic heterocycles. The third-order valence-electron chi connectivity index (χ3n) is 5.58. The van der Waals surface area contributed by atoms with Crippen molar-refractivity contribution < 1.29 is 14.5 Å². The lowest BCUT2D eigenvalue weighted by atomic mass is 9.83. The Labute approximate surface area is 148 Å². The average molecular weight is 346 g/mol. The first-order valence-corrected chi connectivity index (χ1v) is 9.20. The summed E-state index contributed by atoms with van der Waals surface area (Å²) >= 11 is 0. The predicted molar refractivity (Wildman–Crippen MR) is 94.9 cm³/mol. The molecule has 0 heterocycles. The highest BCUT2D eigenvalue weighted by molar-refractivity contribution is 5.95. The van der Waals surface area contributed by atoms with Gasteiger partial charge in [0.05, 0.1) is 12.0 Å². The van der Waals surface area contributed by atoms with Crippen LogP contribution in [0.1, 0.15) is 62.2 Å². The third-order valence-corrected chi connectivity index (χ3v) is 5.58. The predicted octanol–water partition coefficient (Wildman–Crippen LogP) is 4.18. The molecule has 0 N–H and O–H groups in total. The third kappa shape index (κ3) is 3.78. The van der Waals surface area contributed by atoms with Gasteiger partial charge in [0.25, 0.3) is 5.91 Å². The number of amides is 1. The first-order chi connectivity index (χ1) is 12.0. The van der Waals surface area contributed by atoms with E-state index in [1.807, 2.05) is 4.90 Å². The second-order valence-electron chi connectivity index (χ2n) is 7.17. The van der Waals surface area contributed by atoms with E-state index in [0.717, 1.165) is 31.6 Å². The molecule has 2 saturated carbocycles. The number of nitro groups is 1. The van der Waals surface area contributed by atoms with Crippen LogP contribution in [0.15, 0.2) is 18.2 Å². The van der Waals surface area contributed by atoms with E-state index < -0.39 is 4.92 Å². The molecule has 1 aromatic rings. The first kappa shape index (κ1) is 17.7. The lowest BCUT2D eigenvalue weighted by molar-refractivity contribution is -0.385.